The van der Waals surface area contributed by atoms with Crippen LogP contribution in [0.1, 0.15) is 130 Å². The normalized spacial score (nSPS) is 11.9. The van der Waals surface area contributed by atoms with E-state index in [0.29, 0.717) is 0 Å². The van der Waals surface area contributed by atoms with Gasteiger partial charge in [-0.25, -0.2) is 0 Å². The summed E-state index contributed by atoms with van der Waals surface area (Å²) < 4.78 is 0. The third-order valence-corrected chi connectivity index (χ3v) is 15.6. The van der Waals surface area contributed by atoms with Crippen LogP contribution in [0.2, 0.25) is 0 Å². The maximum atomic E-state index is 2.73. The molecule has 0 fully saturated rings. The van der Waals surface area contributed by atoms with Gasteiger partial charge in [-0.3, -0.25) is 0 Å². The minimum Gasteiger partial charge on any atom is -0.0746 e. The Labute approximate surface area is 286 Å². The van der Waals surface area contributed by atoms with Gasteiger partial charge in [-0.2, -0.15) is 0 Å². The molecule has 250 valence electrons. The van der Waals surface area contributed by atoms with Gasteiger partial charge in [0, 0.05) is 0 Å². The second kappa shape index (κ2) is 21.3. The molecule has 0 bridgehead atoms. The average molecular weight is 655 g/mol. The molecule has 0 heterocycles. The second-order valence-electron chi connectivity index (χ2n) is 13.6. The second-order valence-corrected chi connectivity index (χ2v) is 18.5. The van der Waals surface area contributed by atoms with Gasteiger partial charge in [0.25, 0.3) is 0 Å². The predicted molar refractivity (Wildman–Crippen MR) is 216 cm³/mol. The molecule has 0 unspecified atom stereocenters. The summed E-state index contributed by atoms with van der Waals surface area (Å²) in [4.78, 5) is 0. The molecule has 4 aromatic rings. The summed E-state index contributed by atoms with van der Waals surface area (Å²) in [5, 5.41) is 9.38. The molecule has 0 nitrogen and oxygen atoms in total. The van der Waals surface area contributed by atoms with E-state index in [9.17, 15) is 0 Å². The summed E-state index contributed by atoms with van der Waals surface area (Å²) in [6.07, 6.45) is 27.6. The number of benzene rings is 4. The highest BCUT2D eigenvalue weighted by molar-refractivity contribution is 7.72. The van der Waals surface area contributed by atoms with Crippen molar-refractivity contribution in [2.45, 2.75) is 130 Å². The van der Waals surface area contributed by atoms with Crippen molar-refractivity contribution in [3.05, 3.63) is 72.8 Å². The van der Waals surface area contributed by atoms with Gasteiger partial charge in [-0.05, 0) is 99.7 Å². The molecule has 0 saturated carbocycles. The van der Waals surface area contributed by atoms with Crippen LogP contribution in [0.3, 0.4) is 0 Å². The number of hydrogen-bond donors (Lipinski definition) is 0. The molecule has 4 rings (SSSR count). The molecule has 2 heteroatoms. The Morgan fingerprint density at radius 2 is 0.870 bits per heavy atom. The third-order valence-electron chi connectivity index (χ3n) is 9.84. The van der Waals surface area contributed by atoms with Gasteiger partial charge in [-0.1, -0.05) is 187 Å². The van der Waals surface area contributed by atoms with Crippen molar-refractivity contribution >= 4 is 48.0 Å². The van der Waals surface area contributed by atoms with Crippen molar-refractivity contribution in [1.82, 2.24) is 0 Å². The number of rotatable bonds is 23. The van der Waals surface area contributed by atoms with Crippen LogP contribution < -0.4 is 10.6 Å². The van der Waals surface area contributed by atoms with Gasteiger partial charge in [0.15, 0.2) is 0 Å². The van der Waals surface area contributed by atoms with E-state index in [4.69, 9.17) is 0 Å². The molecule has 0 aliphatic carbocycles. The van der Waals surface area contributed by atoms with Crippen LogP contribution in [-0.2, 0) is 0 Å². The van der Waals surface area contributed by atoms with Gasteiger partial charge in [0.2, 0.25) is 0 Å². The first kappa shape index (κ1) is 37.1. The van der Waals surface area contributed by atoms with Crippen LogP contribution >= 0.6 is 15.8 Å². The highest BCUT2D eigenvalue weighted by Crippen LogP contribution is 2.48. The molecule has 4 aromatic carbocycles. The quantitative estimate of drug-likeness (QED) is 0.0551. The fourth-order valence-corrected chi connectivity index (χ4v) is 13.5. The molecule has 0 amide bonds. The summed E-state index contributed by atoms with van der Waals surface area (Å²) in [6, 6.07) is 28.5. The van der Waals surface area contributed by atoms with Crippen molar-refractivity contribution in [2.24, 2.45) is 0 Å². The molecule has 0 N–H and O–H groups in total. The zero-order valence-corrected chi connectivity index (χ0v) is 31.8. The summed E-state index contributed by atoms with van der Waals surface area (Å²) in [7, 11) is -0.435. The van der Waals surface area contributed by atoms with E-state index in [1.165, 1.54) is 154 Å². The van der Waals surface area contributed by atoms with E-state index in [0.717, 1.165) is 0 Å². The fourth-order valence-electron chi connectivity index (χ4n) is 7.20. The minimum absolute atomic E-state index is 0.192. The van der Waals surface area contributed by atoms with E-state index < -0.39 is 0 Å². The smallest absolute Gasteiger partial charge is 0.00157 e. The monoisotopic (exact) mass is 654 g/mol. The Morgan fingerprint density at radius 1 is 0.413 bits per heavy atom. The van der Waals surface area contributed by atoms with Gasteiger partial charge < -0.3 is 0 Å². The first-order valence-corrected chi connectivity index (χ1v) is 22.7. The summed E-state index contributed by atoms with van der Waals surface area (Å²) >= 11 is 0. The highest BCUT2D eigenvalue weighted by atomic mass is 31.1. The van der Waals surface area contributed by atoms with Crippen LogP contribution in [0.4, 0.5) is 0 Å². The lowest BCUT2D eigenvalue weighted by Crippen LogP contribution is -2.28. The zero-order valence-electron chi connectivity index (χ0n) is 30.0. The average Bonchev–Trinajstić information content (AvgIpc) is 3.09. The molecule has 0 atom stereocenters. The molecular formula is C44H64P2. The van der Waals surface area contributed by atoms with E-state index in [1.54, 1.807) is 5.56 Å². The van der Waals surface area contributed by atoms with Gasteiger partial charge >= 0.3 is 0 Å². The van der Waals surface area contributed by atoms with Crippen molar-refractivity contribution in [1.29, 1.82) is 0 Å². The maximum Gasteiger partial charge on any atom is -0.00157 e. The van der Waals surface area contributed by atoms with Crippen molar-refractivity contribution in [3.63, 3.8) is 0 Å². The van der Waals surface area contributed by atoms with Gasteiger partial charge in [-0.15, -0.1) is 0 Å². The van der Waals surface area contributed by atoms with E-state index >= 15 is 0 Å². The van der Waals surface area contributed by atoms with Crippen molar-refractivity contribution in [2.75, 3.05) is 24.6 Å². The molecule has 0 spiro atoms. The Hall–Kier alpha value is -1.74. The predicted octanol–water partition coefficient (Wildman–Crippen LogP) is 14.2. The lowest BCUT2D eigenvalue weighted by Gasteiger charge is -2.31. The van der Waals surface area contributed by atoms with Crippen molar-refractivity contribution in [3.8, 4) is 11.1 Å². The van der Waals surface area contributed by atoms with Crippen LogP contribution in [-0.4, -0.2) is 24.6 Å². The highest BCUT2D eigenvalue weighted by Gasteiger charge is 2.27. The number of hydrogen-bond acceptors (Lipinski definition) is 0. The molecule has 0 aromatic heterocycles. The topological polar surface area (TPSA) is 0 Å². The molecule has 0 aliphatic heterocycles. The standard InChI is InChI=1S/C44H64P2/c1-5-9-13-21-32-45(33-22-14-10-6-2)42-36-38-27-18-20-30-40(38)43(41-31-25-28-37-26-17-19-29-39(37)41)44(42)46(34-23-15-11-7-3)35-24-16-12-8-4/h17-20,25-31,36H,5-16,21-24,32-35H2,1-4H3. The number of fused-ring (bicyclic) bond motifs is 2. The Bertz CT molecular complexity index is 1390. The molecular weight excluding hydrogens is 590 g/mol. The molecule has 0 aliphatic rings. The summed E-state index contributed by atoms with van der Waals surface area (Å²) in [6.45, 7) is 9.43. The van der Waals surface area contributed by atoms with Gasteiger partial charge in [0.1, 0.15) is 0 Å². The van der Waals surface area contributed by atoms with Crippen LogP contribution in [0.15, 0.2) is 72.8 Å². The molecule has 0 saturated heterocycles. The molecule has 0 radical (unpaired) electrons. The Morgan fingerprint density at radius 3 is 1.41 bits per heavy atom. The van der Waals surface area contributed by atoms with Crippen LogP contribution in [0, 0.1) is 0 Å². The fraction of sp³-hybridized carbons (Fsp3) is 0.545. The summed E-state index contributed by atoms with van der Waals surface area (Å²) in [5.41, 5.74) is 3.09. The Kier molecular flexibility index (Phi) is 17.2. The minimum atomic E-state index is -0.242. The first-order valence-electron chi connectivity index (χ1n) is 19.3. The number of unbranched alkanes of at least 4 members (excludes halogenated alkanes) is 12. The summed E-state index contributed by atoms with van der Waals surface area (Å²) in [5.74, 6) is 0. The van der Waals surface area contributed by atoms with Crippen LogP contribution in [0.25, 0.3) is 32.7 Å². The van der Waals surface area contributed by atoms with E-state index in [2.05, 4.69) is 100 Å². The lowest BCUT2D eigenvalue weighted by molar-refractivity contribution is 0.696. The Balaban J connectivity index is 1.96. The van der Waals surface area contributed by atoms with Gasteiger partial charge in [0.05, 0.1) is 0 Å². The van der Waals surface area contributed by atoms with Crippen molar-refractivity contribution < 1.29 is 0 Å². The van der Waals surface area contributed by atoms with Crippen LogP contribution in [0.5, 0.6) is 0 Å². The zero-order chi connectivity index (χ0) is 32.4. The lowest BCUT2D eigenvalue weighted by atomic mass is 9.94. The molecule has 46 heavy (non-hydrogen) atoms. The SMILES string of the molecule is CCCCCCP(CCCCCC)c1cc2ccccc2c(-c2cccc3ccccc23)c1P(CCCCCC)CCCCCC. The van der Waals surface area contributed by atoms with E-state index in [-0.39, 0.29) is 15.8 Å². The maximum absolute atomic E-state index is 2.73. The first-order chi connectivity index (χ1) is 22.7. The van der Waals surface area contributed by atoms with E-state index in [1.807, 2.05) is 10.6 Å². The third kappa shape index (κ3) is 10.6. The largest absolute Gasteiger partial charge is 0.0746 e.